The number of halogens is 1. The first kappa shape index (κ1) is 15.0. The molecule has 1 saturated carbocycles. The highest BCUT2D eigenvalue weighted by atomic mass is 19.1. The number of hydrogen-bond donors (Lipinski definition) is 2. The van der Waals surface area contributed by atoms with Crippen LogP contribution in [-0.2, 0) is 11.2 Å². The van der Waals surface area contributed by atoms with Crippen LogP contribution in [0.1, 0.15) is 38.2 Å². The van der Waals surface area contributed by atoms with Crippen LogP contribution in [0, 0.1) is 5.82 Å². The van der Waals surface area contributed by atoms with Gasteiger partial charge in [0.1, 0.15) is 5.82 Å². The van der Waals surface area contributed by atoms with Crippen molar-refractivity contribution in [1.82, 2.24) is 10.6 Å². The Balaban J connectivity index is 1.77. The minimum atomic E-state index is -0.307. The quantitative estimate of drug-likeness (QED) is 0.868. The largest absolute Gasteiger partial charge is 0.353 e. The molecule has 0 aromatic heterocycles. The molecule has 2 N–H and O–H groups in total. The summed E-state index contributed by atoms with van der Waals surface area (Å²) >= 11 is 0. The van der Waals surface area contributed by atoms with Gasteiger partial charge < -0.3 is 10.6 Å². The molecule has 1 aliphatic rings. The highest BCUT2D eigenvalue weighted by Gasteiger charge is 2.21. The summed E-state index contributed by atoms with van der Waals surface area (Å²) in [7, 11) is 0. The van der Waals surface area contributed by atoms with Gasteiger partial charge in [0.15, 0.2) is 0 Å². The first-order chi connectivity index (χ1) is 9.69. The van der Waals surface area contributed by atoms with Crippen LogP contribution in [-0.4, -0.2) is 24.5 Å². The topological polar surface area (TPSA) is 41.1 Å². The Labute approximate surface area is 120 Å². The van der Waals surface area contributed by atoms with Crippen LogP contribution in [0.25, 0.3) is 0 Å². The Morgan fingerprint density at radius 1 is 1.20 bits per heavy atom. The van der Waals surface area contributed by atoms with E-state index in [1.807, 2.05) is 0 Å². The first-order valence-electron chi connectivity index (χ1n) is 7.45. The minimum Gasteiger partial charge on any atom is -0.353 e. The summed E-state index contributed by atoms with van der Waals surface area (Å²) < 4.78 is 13.5. The number of rotatable bonds is 5. The average molecular weight is 278 g/mol. The second-order valence-electron chi connectivity index (χ2n) is 5.44. The van der Waals surface area contributed by atoms with Crippen molar-refractivity contribution in [3.05, 3.63) is 35.6 Å². The van der Waals surface area contributed by atoms with E-state index >= 15 is 0 Å². The lowest BCUT2D eigenvalue weighted by Gasteiger charge is -2.29. The number of nitrogens with one attached hydrogen (secondary N) is 2. The molecule has 0 spiro atoms. The van der Waals surface area contributed by atoms with Gasteiger partial charge in [-0.3, -0.25) is 4.79 Å². The van der Waals surface area contributed by atoms with E-state index in [2.05, 4.69) is 17.6 Å². The molecular weight excluding hydrogens is 255 g/mol. The fourth-order valence-electron chi connectivity index (χ4n) is 2.82. The molecular formula is C16H23FN2O. The lowest BCUT2D eigenvalue weighted by Crippen LogP contribution is -2.42. The lowest BCUT2D eigenvalue weighted by molar-refractivity contribution is -0.121. The molecule has 0 saturated heterocycles. The summed E-state index contributed by atoms with van der Waals surface area (Å²) in [5.41, 5.74) is 0.464. The molecule has 1 aromatic rings. The monoisotopic (exact) mass is 278 g/mol. The molecule has 0 atom stereocenters. The zero-order chi connectivity index (χ0) is 14.4. The fourth-order valence-corrected chi connectivity index (χ4v) is 2.82. The third kappa shape index (κ3) is 4.30. The molecule has 0 radical (unpaired) electrons. The first-order valence-corrected chi connectivity index (χ1v) is 7.45. The number of benzene rings is 1. The van der Waals surface area contributed by atoms with E-state index in [0.29, 0.717) is 11.6 Å². The summed E-state index contributed by atoms with van der Waals surface area (Å²) in [6, 6.07) is 7.27. The molecule has 110 valence electrons. The van der Waals surface area contributed by atoms with E-state index in [-0.39, 0.29) is 24.2 Å². The number of hydrogen-bond acceptors (Lipinski definition) is 2. The number of carbonyl (C=O) groups is 1. The van der Waals surface area contributed by atoms with Crippen LogP contribution in [0.5, 0.6) is 0 Å². The molecule has 0 aliphatic heterocycles. The maximum Gasteiger partial charge on any atom is 0.224 e. The van der Waals surface area contributed by atoms with Gasteiger partial charge in [-0.1, -0.05) is 25.1 Å². The molecule has 1 aromatic carbocycles. The van der Waals surface area contributed by atoms with E-state index < -0.39 is 0 Å². The zero-order valence-electron chi connectivity index (χ0n) is 12.0. The van der Waals surface area contributed by atoms with Crippen LogP contribution in [0.3, 0.4) is 0 Å². The van der Waals surface area contributed by atoms with Gasteiger partial charge in [0, 0.05) is 12.1 Å². The van der Waals surface area contributed by atoms with Crippen molar-refractivity contribution < 1.29 is 9.18 Å². The van der Waals surface area contributed by atoms with E-state index in [0.717, 1.165) is 32.2 Å². The Kier molecular flexibility index (Phi) is 5.53. The molecule has 0 unspecified atom stereocenters. The molecule has 0 heterocycles. The molecule has 2 rings (SSSR count). The average Bonchev–Trinajstić information content (AvgIpc) is 2.44. The standard InChI is InChI=1S/C16H23FN2O/c1-2-18-13-7-9-14(10-8-13)19-16(20)11-12-5-3-4-6-15(12)17/h3-6,13-14,18H,2,7-11H2,1H3,(H,19,20). The van der Waals surface area contributed by atoms with Crippen LogP contribution < -0.4 is 10.6 Å². The van der Waals surface area contributed by atoms with Gasteiger partial charge in [-0.2, -0.15) is 0 Å². The number of amides is 1. The van der Waals surface area contributed by atoms with Crippen molar-refractivity contribution in [2.24, 2.45) is 0 Å². The van der Waals surface area contributed by atoms with Gasteiger partial charge in [0.2, 0.25) is 5.91 Å². The third-order valence-electron chi connectivity index (χ3n) is 3.89. The van der Waals surface area contributed by atoms with Gasteiger partial charge in [-0.15, -0.1) is 0 Å². The Morgan fingerprint density at radius 2 is 1.85 bits per heavy atom. The molecule has 1 aliphatic carbocycles. The summed E-state index contributed by atoms with van der Waals surface area (Å²) in [4.78, 5) is 11.9. The summed E-state index contributed by atoms with van der Waals surface area (Å²) in [5, 5.41) is 6.47. The summed E-state index contributed by atoms with van der Waals surface area (Å²) in [6.07, 6.45) is 4.32. The molecule has 1 fully saturated rings. The lowest BCUT2D eigenvalue weighted by atomic mass is 9.91. The van der Waals surface area contributed by atoms with Crippen LogP contribution in [0.4, 0.5) is 4.39 Å². The van der Waals surface area contributed by atoms with Crippen molar-refractivity contribution in [3.63, 3.8) is 0 Å². The predicted molar refractivity (Wildman–Crippen MR) is 78.0 cm³/mol. The SMILES string of the molecule is CCNC1CCC(NC(=O)Cc2ccccc2F)CC1. The smallest absolute Gasteiger partial charge is 0.224 e. The van der Waals surface area contributed by atoms with Crippen molar-refractivity contribution >= 4 is 5.91 Å². The van der Waals surface area contributed by atoms with Gasteiger partial charge in [-0.25, -0.2) is 4.39 Å². The van der Waals surface area contributed by atoms with Crippen LogP contribution in [0.15, 0.2) is 24.3 Å². The van der Waals surface area contributed by atoms with E-state index in [1.54, 1.807) is 18.2 Å². The highest BCUT2D eigenvalue weighted by molar-refractivity contribution is 5.78. The highest BCUT2D eigenvalue weighted by Crippen LogP contribution is 2.18. The Morgan fingerprint density at radius 3 is 2.50 bits per heavy atom. The Bertz CT molecular complexity index is 442. The minimum absolute atomic E-state index is 0.0815. The van der Waals surface area contributed by atoms with E-state index in [1.165, 1.54) is 6.07 Å². The van der Waals surface area contributed by atoms with Crippen LogP contribution in [0.2, 0.25) is 0 Å². The maximum absolute atomic E-state index is 13.5. The van der Waals surface area contributed by atoms with Gasteiger partial charge in [-0.05, 0) is 43.9 Å². The Hall–Kier alpha value is -1.42. The van der Waals surface area contributed by atoms with Gasteiger partial charge >= 0.3 is 0 Å². The molecule has 20 heavy (non-hydrogen) atoms. The van der Waals surface area contributed by atoms with E-state index in [9.17, 15) is 9.18 Å². The number of carbonyl (C=O) groups excluding carboxylic acids is 1. The van der Waals surface area contributed by atoms with Crippen LogP contribution >= 0.6 is 0 Å². The van der Waals surface area contributed by atoms with Crippen molar-refractivity contribution in [2.45, 2.75) is 51.1 Å². The fraction of sp³-hybridized carbons (Fsp3) is 0.562. The van der Waals surface area contributed by atoms with Gasteiger partial charge in [0.05, 0.1) is 6.42 Å². The van der Waals surface area contributed by atoms with Gasteiger partial charge in [0.25, 0.3) is 0 Å². The third-order valence-corrected chi connectivity index (χ3v) is 3.89. The molecule has 4 heteroatoms. The van der Waals surface area contributed by atoms with E-state index in [4.69, 9.17) is 0 Å². The second kappa shape index (κ2) is 7.39. The van der Waals surface area contributed by atoms with Crippen molar-refractivity contribution in [2.75, 3.05) is 6.54 Å². The molecule has 3 nitrogen and oxygen atoms in total. The normalized spacial score (nSPS) is 22.5. The summed E-state index contributed by atoms with van der Waals surface area (Å²) in [6.45, 7) is 3.11. The molecule has 0 bridgehead atoms. The second-order valence-corrected chi connectivity index (χ2v) is 5.44. The summed E-state index contributed by atoms with van der Waals surface area (Å²) in [5.74, 6) is -0.388. The van der Waals surface area contributed by atoms with Crippen molar-refractivity contribution in [1.29, 1.82) is 0 Å². The maximum atomic E-state index is 13.5. The molecule has 1 amide bonds. The van der Waals surface area contributed by atoms with Crippen molar-refractivity contribution in [3.8, 4) is 0 Å². The zero-order valence-corrected chi connectivity index (χ0v) is 12.0. The predicted octanol–water partition coefficient (Wildman–Crippen LogP) is 2.41.